The lowest BCUT2D eigenvalue weighted by Gasteiger charge is -2.34. The van der Waals surface area contributed by atoms with Gasteiger partial charge in [-0.1, -0.05) is 33.3 Å². The van der Waals surface area contributed by atoms with Gasteiger partial charge in [-0.25, -0.2) is 4.79 Å². The molecule has 2 N–H and O–H groups in total. The minimum atomic E-state index is -0.546. The topological polar surface area (TPSA) is 58.6 Å². The van der Waals surface area contributed by atoms with E-state index in [-0.39, 0.29) is 0 Å². The van der Waals surface area contributed by atoms with Crippen molar-refractivity contribution in [3.8, 4) is 0 Å². The average molecular weight is 269 g/mol. The van der Waals surface area contributed by atoms with Crippen molar-refractivity contribution in [2.24, 2.45) is 11.8 Å². The fourth-order valence-corrected chi connectivity index (χ4v) is 2.80. The van der Waals surface area contributed by atoms with Crippen LogP contribution in [0.15, 0.2) is 12.7 Å². The lowest BCUT2D eigenvalue weighted by atomic mass is 9.84. The van der Waals surface area contributed by atoms with E-state index < -0.39 is 17.6 Å². The molecule has 4 heteroatoms. The largest absolute Gasteiger partial charge is 0.391 e. The van der Waals surface area contributed by atoms with E-state index in [9.17, 15) is 9.90 Å². The molecule has 0 aromatic heterocycles. The molecule has 0 radical (unpaired) electrons. The minimum Gasteiger partial charge on any atom is -0.391 e. The van der Waals surface area contributed by atoms with E-state index in [1.54, 1.807) is 0 Å². The molecule has 1 rings (SSSR count). The quantitative estimate of drug-likeness (QED) is 0.551. The molecule has 0 spiro atoms. The number of rotatable bonds is 7. The van der Waals surface area contributed by atoms with Gasteiger partial charge in [0.25, 0.3) is 0 Å². The van der Waals surface area contributed by atoms with Crippen LogP contribution < -0.4 is 5.48 Å². The molecule has 0 heterocycles. The van der Waals surface area contributed by atoms with Crippen LogP contribution in [-0.2, 0) is 9.63 Å². The fourth-order valence-electron chi connectivity index (χ4n) is 2.80. The number of aliphatic hydroxyl groups is 1. The molecule has 0 amide bonds. The standard InChI is InChI=1S/C15H27NO3/c1-5-14(18)19-16-15(4)12(9-10-13(15)17)8-6-7-11(2)3/h5,11-13,16-17H,1,6-10H2,2-4H3. The molecular formula is C15H27NO3. The summed E-state index contributed by atoms with van der Waals surface area (Å²) in [5.74, 6) is 0.518. The molecule has 0 bridgehead atoms. The number of nitrogens with one attached hydrogen (secondary N) is 1. The normalized spacial score (nSPS) is 30.6. The van der Waals surface area contributed by atoms with E-state index in [1.165, 1.54) is 6.42 Å². The predicted octanol–water partition coefficient (Wildman–Crippen LogP) is 2.58. The molecule has 1 aliphatic rings. The van der Waals surface area contributed by atoms with Crippen molar-refractivity contribution < 1.29 is 14.7 Å². The Hall–Kier alpha value is -0.870. The first-order chi connectivity index (χ1) is 8.90. The van der Waals surface area contributed by atoms with Crippen molar-refractivity contribution in [2.45, 2.75) is 64.5 Å². The number of aliphatic hydroxyl groups excluding tert-OH is 1. The van der Waals surface area contributed by atoms with Gasteiger partial charge in [-0.05, 0) is 38.0 Å². The summed E-state index contributed by atoms with van der Waals surface area (Å²) in [6, 6.07) is 0. The third-order valence-electron chi connectivity index (χ3n) is 4.20. The van der Waals surface area contributed by atoms with Crippen molar-refractivity contribution in [3.63, 3.8) is 0 Å². The molecule has 19 heavy (non-hydrogen) atoms. The van der Waals surface area contributed by atoms with Gasteiger partial charge in [0.2, 0.25) is 0 Å². The van der Waals surface area contributed by atoms with Crippen LogP contribution >= 0.6 is 0 Å². The summed E-state index contributed by atoms with van der Waals surface area (Å²) in [5, 5.41) is 10.1. The Bertz CT molecular complexity index is 317. The summed E-state index contributed by atoms with van der Waals surface area (Å²) in [6.07, 6.45) is 5.73. The van der Waals surface area contributed by atoms with Gasteiger partial charge in [0.1, 0.15) is 0 Å². The summed E-state index contributed by atoms with van der Waals surface area (Å²) in [6.45, 7) is 9.72. The number of hydroxylamine groups is 1. The average Bonchev–Trinajstić information content (AvgIpc) is 2.64. The first-order valence-electron chi connectivity index (χ1n) is 7.18. The van der Waals surface area contributed by atoms with E-state index in [0.717, 1.165) is 31.8 Å². The molecule has 1 aliphatic carbocycles. The van der Waals surface area contributed by atoms with Crippen LogP contribution in [0.1, 0.15) is 52.9 Å². The van der Waals surface area contributed by atoms with Gasteiger partial charge in [0.15, 0.2) is 0 Å². The van der Waals surface area contributed by atoms with E-state index in [4.69, 9.17) is 4.84 Å². The Kier molecular flexibility index (Phi) is 6.01. The SMILES string of the molecule is C=CC(=O)ONC1(C)C(O)CCC1CCCC(C)C. The van der Waals surface area contributed by atoms with Crippen LogP contribution in [0.4, 0.5) is 0 Å². The molecule has 1 saturated carbocycles. The van der Waals surface area contributed by atoms with Crippen molar-refractivity contribution in [1.29, 1.82) is 0 Å². The van der Waals surface area contributed by atoms with Gasteiger partial charge < -0.3 is 9.94 Å². The Morgan fingerprint density at radius 1 is 1.58 bits per heavy atom. The molecule has 0 aromatic carbocycles. The highest BCUT2D eigenvalue weighted by molar-refractivity contribution is 5.80. The summed E-state index contributed by atoms with van der Waals surface area (Å²) in [4.78, 5) is 16.1. The second-order valence-corrected chi connectivity index (χ2v) is 6.12. The maximum Gasteiger partial charge on any atom is 0.348 e. The first kappa shape index (κ1) is 16.2. The third kappa shape index (κ3) is 4.32. The number of carbonyl (C=O) groups excluding carboxylic acids is 1. The zero-order valence-electron chi connectivity index (χ0n) is 12.3. The molecule has 1 fully saturated rings. The third-order valence-corrected chi connectivity index (χ3v) is 4.20. The number of hydrogen-bond donors (Lipinski definition) is 2. The van der Waals surface area contributed by atoms with Crippen LogP contribution in [0.25, 0.3) is 0 Å². The molecule has 0 aromatic rings. The first-order valence-corrected chi connectivity index (χ1v) is 7.18. The monoisotopic (exact) mass is 269 g/mol. The Morgan fingerprint density at radius 3 is 2.84 bits per heavy atom. The maximum atomic E-state index is 11.1. The second kappa shape index (κ2) is 7.06. The highest BCUT2D eigenvalue weighted by Crippen LogP contribution is 2.39. The van der Waals surface area contributed by atoms with Crippen molar-refractivity contribution in [3.05, 3.63) is 12.7 Å². The lowest BCUT2D eigenvalue weighted by Crippen LogP contribution is -2.53. The summed E-state index contributed by atoms with van der Waals surface area (Å²) in [7, 11) is 0. The molecule has 0 aliphatic heterocycles. The van der Waals surface area contributed by atoms with E-state index in [2.05, 4.69) is 25.9 Å². The minimum absolute atomic E-state index is 0.332. The molecule has 0 saturated heterocycles. The van der Waals surface area contributed by atoms with Crippen LogP contribution in [0.2, 0.25) is 0 Å². The van der Waals surface area contributed by atoms with E-state index >= 15 is 0 Å². The molecule has 110 valence electrons. The Morgan fingerprint density at radius 2 is 2.26 bits per heavy atom. The van der Waals surface area contributed by atoms with E-state index in [1.807, 2.05) is 6.92 Å². The molecule has 3 atom stereocenters. The smallest absolute Gasteiger partial charge is 0.348 e. The Balaban J connectivity index is 2.54. The van der Waals surface area contributed by atoms with Gasteiger partial charge in [-0.2, -0.15) is 0 Å². The predicted molar refractivity (Wildman–Crippen MR) is 75.2 cm³/mol. The summed E-state index contributed by atoms with van der Waals surface area (Å²) < 4.78 is 0. The van der Waals surface area contributed by atoms with Crippen molar-refractivity contribution in [2.75, 3.05) is 0 Å². The molecular weight excluding hydrogens is 242 g/mol. The molecule has 4 nitrogen and oxygen atoms in total. The van der Waals surface area contributed by atoms with Gasteiger partial charge in [-0.3, -0.25) is 0 Å². The van der Waals surface area contributed by atoms with Crippen molar-refractivity contribution >= 4 is 5.97 Å². The van der Waals surface area contributed by atoms with Crippen LogP contribution in [0.5, 0.6) is 0 Å². The number of carbonyl (C=O) groups is 1. The summed E-state index contributed by atoms with van der Waals surface area (Å²) >= 11 is 0. The zero-order chi connectivity index (χ0) is 14.5. The van der Waals surface area contributed by atoms with Crippen LogP contribution in [0.3, 0.4) is 0 Å². The van der Waals surface area contributed by atoms with Crippen LogP contribution in [0, 0.1) is 11.8 Å². The molecule has 3 unspecified atom stereocenters. The maximum absolute atomic E-state index is 11.1. The zero-order valence-corrected chi connectivity index (χ0v) is 12.3. The number of hydrogen-bond acceptors (Lipinski definition) is 4. The second-order valence-electron chi connectivity index (χ2n) is 6.12. The van der Waals surface area contributed by atoms with Gasteiger partial charge in [-0.15, -0.1) is 5.48 Å². The van der Waals surface area contributed by atoms with Crippen molar-refractivity contribution in [1.82, 2.24) is 5.48 Å². The fraction of sp³-hybridized carbons (Fsp3) is 0.800. The lowest BCUT2D eigenvalue weighted by molar-refractivity contribution is -0.154. The Labute approximate surface area is 116 Å². The summed E-state index contributed by atoms with van der Waals surface area (Å²) in [5.41, 5.74) is 2.23. The highest BCUT2D eigenvalue weighted by Gasteiger charge is 2.46. The van der Waals surface area contributed by atoms with Gasteiger partial charge in [0, 0.05) is 6.08 Å². The van der Waals surface area contributed by atoms with Gasteiger partial charge >= 0.3 is 5.97 Å². The van der Waals surface area contributed by atoms with E-state index in [0.29, 0.717) is 11.8 Å². The highest BCUT2D eigenvalue weighted by atomic mass is 16.7. The van der Waals surface area contributed by atoms with Crippen LogP contribution in [-0.4, -0.2) is 22.7 Å². The van der Waals surface area contributed by atoms with Gasteiger partial charge in [0.05, 0.1) is 11.6 Å².